The zero-order valence-electron chi connectivity index (χ0n) is 6.02. The third kappa shape index (κ3) is 2.00. The van der Waals surface area contributed by atoms with Crippen LogP contribution in [-0.4, -0.2) is 19.5 Å². The Hall–Kier alpha value is -1.05. The third-order valence-corrected chi connectivity index (χ3v) is 2.22. The molecule has 0 aliphatic rings. The lowest BCUT2D eigenvalue weighted by molar-refractivity contribution is 0.0696. The maximum Gasteiger partial charge on any atom is 0.340 e. The van der Waals surface area contributed by atoms with Crippen molar-refractivity contribution in [3.05, 3.63) is 16.8 Å². The zero-order chi connectivity index (χ0) is 10.2. The monoisotopic (exact) mass is 225 g/mol. The molecule has 1 rings (SSSR count). The molecule has 0 amide bonds. The number of sulfonamides is 1. The number of primary sulfonamides is 1. The summed E-state index contributed by atoms with van der Waals surface area (Å²) in [6, 6.07) is 0.750. The Bertz CT molecular complexity index is 447. The summed E-state index contributed by atoms with van der Waals surface area (Å²) in [5, 5.41) is 11.9. The molecule has 1 aromatic heterocycles. The Morgan fingerprint density at radius 3 is 2.38 bits per heavy atom. The fourth-order valence-electron chi connectivity index (χ4n) is 0.633. The summed E-state index contributed by atoms with van der Waals surface area (Å²) in [7, 11) is -4.05. The molecule has 1 aromatic rings. The molecule has 3 N–H and O–H groups in total. The first-order valence-electron chi connectivity index (χ1n) is 2.88. The van der Waals surface area contributed by atoms with Gasteiger partial charge in [-0.15, -0.1) is 0 Å². The van der Waals surface area contributed by atoms with E-state index in [4.69, 9.17) is 16.7 Å². The van der Waals surface area contributed by atoms with Crippen molar-refractivity contribution in [3.8, 4) is 0 Å². The number of nitrogens with two attached hydrogens (primary N) is 1. The molecule has 0 spiro atoms. The van der Waals surface area contributed by atoms with Gasteiger partial charge in [0.15, 0.2) is 0 Å². The smallest absolute Gasteiger partial charge is 0.340 e. The van der Waals surface area contributed by atoms with Gasteiger partial charge in [0, 0.05) is 6.07 Å². The number of halogens is 1. The summed E-state index contributed by atoms with van der Waals surface area (Å²) < 4.78 is 25.7. The van der Waals surface area contributed by atoms with Crippen LogP contribution in [0.4, 0.5) is 0 Å². The minimum atomic E-state index is -4.05. The van der Waals surface area contributed by atoms with E-state index in [-0.39, 0.29) is 0 Å². The Labute approximate surface area is 78.0 Å². The number of carboxylic acid groups (broad SMARTS) is 1. The highest BCUT2D eigenvalue weighted by Crippen LogP contribution is 2.23. The van der Waals surface area contributed by atoms with Gasteiger partial charge in [-0.25, -0.2) is 18.4 Å². The number of hydrogen-bond donors (Lipinski definition) is 2. The molecule has 0 fully saturated rings. The molecule has 0 saturated heterocycles. The molecule has 72 valence electrons. The van der Waals surface area contributed by atoms with Gasteiger partial charge in [-0.05, 0) is 11.6 Å². The first-order chi connectivity index (χ1) is 5.82. The zero-order valence-corrected chi connectivity index (χ0v) is 7.59. The van der Waals surface area contributed by atoms with Crippen LogP contribution in [0.25, 0.3) is 0 Å². The number of hydrogen-bond acceptors (Lipinski definition) is 4. The molecule has 0 atom stereocenters. The molecule has 0 bridgehead atoms. The van der Waals surface area contributed by atoms with Crippen LogP contribution in [0.15, 0.2) is 15.6 Å². The van der Waals surface area contributed by atoms with Crippen LogP contribution < -0.4 is 5.14 Å². The Morgan fingerprint density at radius 2 is 2.15 bits per heavy atom. The fraction of sp³-hybridized carbons (Fsp3) is 0. The average molecular weight is 226 g/mol. The van der Waals surface area contributed by atoms with E-state index < -0.39 is 31.9 Å². The molecular weight excluding hydrogens is 222 g/mol. The van der Waals surface area contributed by atoms with Crippen LogP contribution in [0.2, 0.25) is 5.22 Å². The van der Waals surface area contributed by atoms with E-state index >= 15 is 0 Å². The molecule has 0 radical (unpaired) electrons. The molecule has 0 aliphatic carbocycles. The molecule has 0 aliphatic heterocycles. The number of carboxylic acids is 1. The Balaban J connectivity index is 3.33. The minimum absolute atomic E-state index is 0.439. The lowest BCUT2D eigenvalue weighted by Crippen LogP contribution is -2.10. The number of furan rings is 1. The van der Waals surface area contributed by atoms with Crippen LogP contribution in [0.3, 0.4) is 0 Å². The SMILES string of the molecule is NS(=O)(=O)c1cc(C(=O)O)c(Cl)o1. The van der Waals surface area contributed by atoms with Gasteiger partial charge in [0.2, 0.25) is 10.3 Å². The number of aromatic carboxylic acids is 1. The minimum Gasteiger partial charge on any atom is -0.478 e. The van der Waals surface area contributed by atoms with E-state index in [1.54, 1.807) is 0 Å². The van der Waals surface area contributed by atoms with E-state index in [1.165, 1.54) is 0 Å². The van der Waals surface area contributed by atoms with Crippen molar-refractivity contribution in [1.82, 2.24) is 0 Å². The van der Waals surface area contributed by atoms with E-state index in [0.29, 0.717) is 0 Å². The van der Waals surface area contributed by atoms with E-state index in [2.05, 4.69) is 9.56 Å². The van der Waals surface area contributed by atoms with Crippen LogP contribution in [0, 0.1) is 0 Å². The topological polar surface area (TPSA) is 111 Å². The Morgan fingerprint density at radius 1 is 1.62 bits per heavy atom. The largest absolute Gasteiger partial charge is 0.478 e. The summed E-state index contributed by atoms with van der Waals surface area (Å²) in [5.74, 6) is -1.39. The second-order valence-corrected chi connectivity index (χ2v) is 3.94. The molecule has 6 nitrogen and oxygen atoms in total. The third-order valence-electron chi connectivity index (χ3n) is 1.17. The van der Waals surface area contributed by atoms with Gasteiger partial charge in [-0.2, -0.15) is 0 Å². The van der Waals surface area contributed by atoms with Crippen LogP contribution >= 0.6 is 11.6 Å². The normalized spacial score (nSPS) is 11.5. The van der Waals surface area contributed by atoms with E-state index in [1.807, 2.05) is 0 Å². The van der Waals surface area contributed by atoms with Gasteiger partial charge in [-0.3, -0.25) is 0 Å². The second kappa shape index (κ2) is 3.02. The maximum atomic E-state index is 10.7. The van der Waals surface area contributed by atoms with Crippen molar-refractivity contribution >= 4 is 27.6 Å². The predicted molar refractivity (Wildman–Crippen MR) is 42.1 cm³/mol. The maximum absolute atomic E-state index is 10.7. The molecule has 13 heavy (non-hydrogen) atoms. The van der Waals surface area contributed by atoms with Crippen molar-refractivity contribution in [2.45, 2.75) is 5.09 Å². The van der Waals surface area contributed by atoms with Crippen molar-refractivity contribution < 1.29 is 22.7 Å². The molecule has 1 heterocycles. The quantitative estimate of drug-likeness (QED) is 0.751. The van der Waals surface area contributed by atoms with E-state index in [9.17, 15) is 13.2 Å². The van der Waals surface area contributed by atoms with Gasteiger partial charge < -0.3 is 9.52 Å². The second-order valence-electron chi connectivity index (χ2n) is 2.10. The van der Waals surface area contributed by atoms with Gasteiger partial charge in [0.05, 0.1) is 0 Å². The fourth-order valence-corrected chi connectivity index (χ4v) is 1.38. The lowest BCUT2D eigenvalue weighted by Gasteiger charge is -1.86. The van der Waals surface area contributed by atoms with Gasteiger partial charge in [0.1, 0.15) is 5.56 Å². The van der Waals surface area contributed by atoms with Gasteiger partial charge >= 0.3 is 5.97 Å². The standard InChI is InChI=1S/C5H4ClNO5S/c6-4-2(5(8)9)1-3(12-4)13(7,10)11/h1H,(H,8,9)(H2,7,10,11). The molecule has 0 aromatic carbocycles. The summed E-state index contributed by atoms with van der Waals surface area (Å²) in [6.45, 7) is 0. The summed E-state index contributed by atoms with van der Waals surface area (Å²) in [4.78, 5) is 10.4. The van der Waals surface area contributed by atoms with Crippen LogP contribution in [0.1, 0.15) is 10.4 Å². The highest BCUT2D eigenvalue weighted by molar-refractivity contribution is 7.89. The first-order valence-corrected chi connectivity index (χ1v) is 4.80. The van der Waals surface area contributed by atoms with Crippen molar-refractivity contribution in [3.63, 3.8) is 0 Å². The molecule has 0 saturated carbocycles. The Kier molecular flexibility index (Phi) is 2.33. The van der Waals surface area contributed by atoms with E-state index in [0.717, 1.165) is 6.07 Å². The average Bonchev–Trinajstić information content (AvgIpc) is 2.29. The number of carbonyl (C=O) groups is 1. The van der Waals surface area contributed by atoms with Crippen LogP contribution in [0.5, 0.6) is 0 Å². The van der Waals surface area contributed by atoms with Crippen LogP contribution in [-0.2, 0) is 10.0 Å². The van der Waals surface area contributed by atoms with Crippen molar-refractivity contribution in [2.75, 3.05) is 0 Å². The summed E-state index contributed by atoms with van der Waals surface area (Å²) >= 11 is 5.28. The summed E-state index contributed by atoms with van der Waals surface area (Å²) in [5.41, 5.74) is -0.439. The first kappa shape index (κ1) is 10.0. The number of rotatable bonds is 2. The van der Waals surface area contributed by atoms with Gasteiger partial charge in [-0.1, -0.05) is 0 Å². The highest BCUT2D eigenvalue weighted by atomic mass is 35.5. The van der Waals surface area contributed by atoms with Gasteiger partial charge in [0.25, 0.3) is 10.0 Å². The summed E-state index contributed by atoms with van der Waals surface area (Å²) in [6.07, 6.45) is 0. The highest BCUT2D eigenvalue weighted by Gasteiger charge is 2.21. The van der Waals surface area contributed by atoms with Crippen molar-refractivity contribution in [1.29, 1.82) is 0 Å². The molecular formula is C5H4ClNO5S. The molecule has 0 unspecified atom stereocenters. The lowest BCUT2D eigenvalue weighted by atomic mass is 10.3. The molecule has 8 heteroatoms. The predicted octanol–water partition coefficient (Wildman–Crippen LogP) is 0.279. The van der Waals surface area contributed by atoms with Crippen molar-refractivity contribution in [2.24, 2.45) is 5.14 Å².